The van der Waals surface area contributed by atoms with Crippen LogP contribution in [0.15, 0.2) is 47.6 Å². The molecule has 0 radical (unpaired) electrons. The lowest BCUT2D eigenvalue weighted by Gasteiger charge is -2.37. The molecule has 0 aliphatic heterocycles. The molecule has 9 nitrogen and oxygen atoms in total. The lowest BCUT2D eigenvalue weighted by Crippen LogP contribution is -2.47. The number of hydrogen-bond acceptors (Lipinski definition) is 7. The number of rotatable bonds is 6. The third-order valence-corrected chi connectivity index (χ3v) is 7.94. The number of non-ortho nitro benzene ring substituents is 1. The van der Waals surface area contributed by atoms with Gasteiger partial charge in [0.25, 0.3) is 5.69 Å². The van der Waals surface area contributed by atoms with Gasteiger partial charge >= 0.3 is 0 Å². The summed E-state index contributed by atoms with van der Waals surface area (Å²) in [7, 11) is 1.53. The fraction of sp³-hybridized carbons (Fsp3) is 0.400. The number of aryl methyl sites for hydroxylation is 1. The molecule has 0 heterocycles. The summed E-state index contributed by atoms with van der Waals surface area (Å²) in [4.78, 5) is 37.9. The summed E-state index contributed by atoms with van der Waals surface area (Å²) in [5.74, 6) is -0.145. The monoisotopic (exact) mass is 464 g/mol. The van der Waals surface area contributed by atoms with Gasteiger partial charge in [0.2, 0.25) is 5.91 Å². The molecule has 2 aromatic carbocycles. The second kappa shape index (κ2) is 7.93. The molecule has 2 unspecified atom stereocenters. The maximum absolute atomic E-state index is 13.8. The Kier molecular flexibility index (Phi) is 5.46. The van der Waals surface area contributed by atoms with Crippen LogP contribution in [0.5, 0.6) is 5.75 Å². The van der Waals surface area contributed by atoms with Crippen LogP contribution in [-0.2, 0) is 9.59 Å². The zero-order valence-corrected chi connectivity index (χ0v) is 19.9. The largest absolute Gasteiger partial charge is 0.495 e. The molecule has 2 aliphatic carbocycles. The van der Waals surface area contributed by atoms with Gasteiger partial charge in [-0.3, -0.25) is 25.1 Å². The summed E-state index contributed by atoms with van der Waals surface area (Å²) in [6.45, 7) is 7.77. The molecule has 0 spiro atoms. The first-order valence-electron chi connectivity index (χ1n) is 11.1. The van der Waals surface area contributed by atoms with Gasteiger partial charge in [-0.05, 0) is 55.0 Å². The van der Waals surface area contributed by atoms with Crippen LogP contribution in [0.25, 0.3) is 0 Å². The van der Waals surface area contributed by atoms with Gasteiger partial charge in [-0.15, -0.1) is 0 Å². The second-order valence-corrected chi connectivity index (χ2v) is 9.73. The zero-order chi connectivity index (χ0) is 24.9. The molecule has 2 saturated carbocycles. The maximum Gasteiger partial charge on any atom is 0.269 e. The highest BCUT2D eigenvalue weighted by atomic mass is 16.6. The van der Waals surface area contributed by atoms with E-state index >= 15 is 0 Å². The predicted octanol–water partition coefficient (Wildman–Crippen LogP) is 4.71. The average Bonchev–Trinajstić information content (AvgIpc) is 3.07. The Labute approximate surface area is 197 Å². The van der Waals surface area contributed by atoms with Gasteiger partial charge in [-0.1, -0.05) is 26.8 Å². The van der Waals surface area contributed by atoms with Gasteiger partial charge in [0.05, 0.1) is 23.4 Å². The Morgan fingerprint density at radius 2 is 1.79 bits per heavy atom. The Hall–Kier alpha value is -3.75. The van der Waals surface area contributed by atoms with Crippen molar-refractivity contribution in [1.82, 2.24) is 0 Å². The van der Waals surface area contributed by atoms with E-state index in [4.69, 9.17) is 4.74 Å². The van der Waals surface area contributed by atoms with Crippen molar-refractivity contribution in [3.8, 4) is 5.75 Å². The lowest BCUT2D eigenvalue weighted by molar-refractivity contribution is -0.384. The van der Waals surface area contributed by atoms with Gasteiger partial charge in [-0.25, -0.2) is 0 Å². The van der Waals surface area contributed by atoms with Crippen molar-refractivity contribution in [2.45, 2.75) is 40.5 Å². The molecule has 9 heteroatoms. The highest BCUT2D eigenvalue weighted by Gasteiger charge is 2.76. The normalized spacial score (nSPS) is 25.9. The first kappa shape index (κ1) is 23.4. The average molecular weight is 465 g/mol. The molecule has 2 bridgehead atoms. The van der Waals surface area contributed by atoms with E-state index in [0.717, 1.165) is 5.56 Å². The number of nitro groups is 1. The van der Waals surface area contributed by atoms with Crippen LogP contribution in [-0.4, -0.2) is 29.4 Å². The number of ketones is 1. The molecule has 2 fully saturated rings. The van der Waals surface area contributed by atoms with Crippen molar-refractivity contribution in [1.29, 1.82) is 0 Å². The Morgan fingerprint density at radius 1 is 1.12 bits per heavy atom. The van der Waals surface area contributed by atoms with Crippen LogP contribution in [0, 0.1) is 33.3 Å². The van der Waals surface area contributed by atoms with Crippen LogP contribution in [0.2, 0.25) is 0 Å². The number of nitrogens with one attached hydrogen (secondary N) is 2. The molecule has 2 atom stereocenters. The summed E-state index contributed by atoms with van der Waals surface area (Å²) in [6, 6.07) is 11.3. The van der Waals surface area contributed by atoms with Crippen molar-refractivity contribution in [3.05, 3.63) is 58.1 Å². The topological polar surface area (TPSA) is 123 Å². The number of anilines is 2. The molecule has 2 N–H and O–H groups in total. The number of carbonyl (C=O) groups is 2. The summed E-state index contributed by atoms with van der Waals surface area (Å²) >= 11 is 0. The standard InChI is InChI=1S/C25H28N4O5/c1-15-6-11-19(34-5)18(14-15)26-22(31)25-13-12-24(4,23(25,2)3)20(21(25)30)28-27-16-7-9-17(10-8-16)29(32)33/h6-11,14,27H,12-13H2,1-5H3,(H,26,31). The quantitative estimate of drug-likeness (QED) is 0.362. The number of carbonyl (C=O) groups excluding carboxylic acids is 2. The third-order valence-electron chi connectivity index (χ3n) is 7.94. The fourth-order valence-corrected chi connectivity index (χ4v) is 5.40. The van der Waals surface area contributed by atoms with Crippen LogP contribution >= 0.6 is 0 Å². The second-order valence-electron chi connectivity index (χ2n) is 9.73. The van der Waals surface area contributed by atoms with Crippen LogP contribution in [0.3, 0.4) is 0 Å². The van der Waals surface area contributed by atoms with Gasteiger partial charge in [0.15, 0.2) is 5.78 Å². The zero-order valence-electron chi connectivity index (χ0n) is 19.9. The van der Waals surface area contributed by atoms with Crippen LogP contribution in [0.1, 0.15) is 39.2 Å². The van der Waals surface area contributed by atoms with Crippen LogP contribution < -0.4 is 15.5 Å². The van der Waals surface area contributed by atoms with E-state index in [0.29, 0.717) is 35.7 Å². The van der Waals surface area contributed by atoms with Crippen molar-refractivity contribution in [2.75, 3.05) is 17.9 Å². The summed E-state index contributed by atoms with van der Waals surface area (Å²) in [6.07, 6.45) is 1.05. The van der Waals surface area contributed by atoms with Crippen molar-refractivity contribution >= 4 is 34.5 Å². The van der Waals surface area contributed by atoms with Gasteiger partial charge in [0, 0.05) is 17.5 Å². The molecule has 178 valence electrons. The maximum atomic E-state index is 13.8. The summed E-state index contributed by atoms with van der Waals surface area (Å²) < 4.78 is 5.40. The number of amides is 1. The number of hydrazone groups is 1. The summed E-state index contributed by atoms with van der Waals surface area (Å²) in [5.41, 5.74) is 2.54. The van der Waals surface area contributed by atoms with E-state index in [-0.39, 0.29) is 17.4 Å². The molecular weight excluding hydrogens is 436 g/mol. The van der Waals surface area contributed by atoms with E-state index in [9.17, 15) is 19.7 Å². The molecule has 2 aromatic rings. The molecule has 0 aromatic heterocycles. The van der Waals surface area contributed by atoms with E-state index in [1.807, 2.05) is 39.8 Å². The first-order chi connectivity index (χ1) is 16.0. The third kappa shape index (κ3) is 3.18. The van der Waals surface area contributed by atoms with Gasteiger partial charge in [0.1, 0.15) is 16.9 Å². The van der Waals surface area contributed by atoms with E-state index in [1.54, 1.807) is 6.07 Å². The number of benzene rings is 2. The lowest BCUT2D eigenvalue weighted by atomic mass is 9.64. The Morgan fingerprint density at radius 3 is 2.41 bits per heavy atom. The van der Waals surface area contributed by atoms with E-state index in [2.05, 4.69) is 15.8 Å². The number of methoxy groups -OCH3 is 1. The Bertz CT molecular complexity index is 1220. The molecule has 0 saturated heterocycles. The molecule has 2 aliphatic rings. The summed E-state index contributed by atoms with van der Waals surface area (Å²) in [5, 5.41) is 18.3. The van der Waals surface area contributed by atoms with Crippen molar-refractivity contribution < 1.29 is 19.2 Å². The van der Waals surface area contributed by atoms with Crippen molar-refractivity contribution in [3.63, 3.8) is 0 Å². The van der Waals surface area contributed by atoms with Crippen LogP contribution in [0.4, 0.5) is 17.1 Å². The molecule has 34 heavy (non-hydrogen) atoms. The van der Waals surface area contributed by atoms with Crippen molar-refractivity contribution in [2.24, 2.45) is 21.3 Å². The molecule has 1 amide bonds. The minimum atomic E-state index is -1.27. The first-order valence-corrected chi connectivity index (χ1v) is 11.1. The number of nitrogens with zero attached hydrogens (tertiary/aromatic N) is 2. The van der Waals surface area contributed by atoms with E-state index in [1.165, 1.54) is 31.4 Å². The van der Waals surface area contributed by atoms with Gasteiger partial charge < -0.3 is 10.1 Å². The highest BCUT2D eigenvalue weighted by molar-refractivity contribution is 6.51. The Balaban J connectivity index is 1.67. The molecule has 4 rings (SSSR count). The number of hydrogen-bond donors (Lipinski definition) is 2. The number of Topliss-reactive ketones (excluding diaryl/α,β-unsaturated/α-hetero) is 1. The minimum absolute atomic E-state index is 0.0375. The minimum Gasteiger partial charge on any atom is -0.495 e. The SMILES string of the molecule is COc1ccc(C)cc1NC(=O)C12CCC(C)(C(=NNc3ccc([N+](=O)[O-])cc3)C1=O)C2(C)C. The number of ether oxygens (including phenoxy) is 1. The number of fused-ring (bicyclic) bond motifs is 2. The smallest absolute Gasteiger partial charge is 0.269 e. The van der Waals surface area contributed by atoms with Gasteiger partial charge in [-0.2, -0.15) is 5.10 Å². The highest BCUT2D eigenvalue weighted by Crippen LogP contribution is 2.69. The fourth-order valence-electron chi connectivity index (χ4n) is 5.40. The predicted molar refractivity (Wildman–Crippen MR) is 129 cm³/mol. The molecular formula is C25H28N4O5. The number of nitro benzene ring substituents is 1. The van der Waals surface area contributed by atoms with E-state index < -0.39 is 21.2 Å².